The number of ether oxygens (including phenoxy) is 1. The number of aromatic nitrogens is 1. The van der Waals surface area contributed by atoms with Crippen LogP contribution in [0, 0.1) is 11.3 Å². The molecule has 1 heterocycles. The highest BCUT2D eigenvalue weighted by molar-refractivity contribution is 7.09. The average molecular weight is 302 g/mol. The van der Waals surface area contributed by atoms with E-state index in [0.29, 0.717) is 35.7 Å². The van der Waals surface area contributed by atoms with Gasteiger partial charge >= 0.3 is 0 Å². The molecule has 7 heteroatoms. The first kappa shape index (κ1) is 15.0. The molecule has 21 heavy (non-hydrogen) atoms. The Balaban J connectivity index is 2.17. The van der Waals surface area contributed by atoms with Crippen molar-refractivity contribution in [2.24, 2.45) is 5.73 Å². The van der Waals surface area contributed by atoms with Crippen molar-refractivity contribution in [1.82, 2.24) is 4.98 Å². The Morgan fingerprint density at radius 3 is 3.05 bits per heavy atom. The highest BCUT2D eigenvalue weighted by Crippen LogP contribution is 2.26. The topological polar surface area (TPSA) is 101 Å². The number of nitrogens with one attached hydrogen (secondary N) is 1. The molecule has 1 aromatic carbocycles. The molecule has 0 saturated carbocycles. The summed E-state index contributed by atoms with van der Waals surface area (Å²) in [6, 6.07) is 6.82. The van der Waals surface area contributed by atoms with Crippen LogP contribution in [0.25, 0.3) is 0 Å². The van der Waals surface area contributed by atoms with E-state index in [-0.39, 0.29) is 5.91 Å². The van der Waals surface area contributed by atoms with Gasteiger partial charge in [-0.15, -0.1) is 11.3 Å². The van der Waals surface area contributed by atoms with Gasteiger partial charge in [0.1, 0.15) is 11.4 Å². The first-order chi connectivity index (χ1) is 10.2. The Labute approximate surface area is 126 Å². The number of benzene rings is 1. The number of nitrogens with two attached hydrogens (primary N) is 1. The van der Waals surface area contributed by atoms with Crippen molar-refractivity contribution >= 4 is 22.9 Å². The smallest absolute Gasteiger partial charge is 0.275 e. The molecule has 0 fully saturated rings. The van der Waals surface area contributed by atoms with Crippen LogP contribution in [0.2, 0.25) is 0 Å². The molecule has 2 rings (SSSR count). The molecule has 1 amide bonds. The second kappa shape index (κ2) is 6.83. The maximum atomic E-state index is 12.1. The number of amides is 1. The van der Waals surface area contributed by atoms with Crippen LogP contribution in [0.5, 0.6) is 5.75 Å². The van der Waals surface area contributed by atoms with Gasteiger partial charge in [0.05, 0.1) is 29.4 Å². The summed E-state index contributed by atoms with van der Waals surface area (Å²) in [6.07, 6.45) is 0.651. The predicted octanol–water partition coefficient (Wildman–Crippen LogP) is 1.78. The molecule has 0 aliphatic rings. The zero-order valence-electron chi connectivity index (χ0n) is 11.4. The lowest BCUT2D eigenvalue weighted by molar-refractivity contribution is 0.102. The maximum absolute atomic E-state index is 12.1. The molecular formula is C14H14N4O2S. The second-order valence-electron chi connectivity index (χ2n) is 4.15. The SMILES string of the molecule is COc1cc(C#N)ccc1NC(=O)c1csc(CCN)n1. The van der Waals surface area contributed by atoms with Gasteiger partial charge in [0.25, 0.3) is 5.91 Å². The zero-order chi connectivity index (χ0) is 15.2. The first-order valence-corrected chi connectivity index (χ1v) is 7.10. The molecule has 0 spiro atoms. The van der Waals surface area contributed by atoms with Crippen molar-refractivity contribution in [2.75, 3.05) is 19.0 Å². The monoisotopic (exact) mass is 302 g/mol. The molecule has 0 aliphatic carbocycles. The quantitative estimate of drug-likeness (QED) is 0.876. The van der Waals surface area contributed by atoms with E-state index in [1.54, 1.807) is 23.6 Å². The van der Waals surface area contributed by atoms with Crippen LogP contribution in [0.3, 0.4) is 0 Å². The van der Waals surface area contributed by atoms with E-state index in [1.165, 1.54) is 18.4 Å². The first-order valence-electron chi connectivity index (χ1n) is 6.22. The number of nitrogens with zero attached hydrogens (tertiary/aromatic N) is 2. The molecule has 0 saturated heterocycles. The fourth-order valence-electron chi connectivity index (χ4n) is 1.70. The van der Waals surface area contributed by atoms with E-state index in [9.17, 15) is 4.79 Å². The molecule has 0 bridgehead atoms. The van der Waals surface area contributed by atoms with E-state index in [0.717, 1.165) is 5.01 Å². The van der Waals surface area contributed by atoms with E-state index in [1.807, 2.05) is 6.07 Å². The van der Waals surface area contributed by atoms with Crippen molar-refractivity contribution < 1.29 is 9.53 Å². The lowest BCUT2D eigenvalue weighted by Gasteiger charge is -2.09. The molecular weight excluding hydrogens is 288 g/mol. The van der Waals surface area contributed by atoms with Crippen LogP contribution < -0.4 is 15.8 Å². The van der Waals surface area contributed by atoms with Crippen molar-refractivity contribution in [3.8, 4) is 11.8 Å². The van der Waals surface area contributed by atoms with Crippen molar-refractivity contribution in [1.29, 1.82) is 5.26 Å². The summed E-state index contributed by atoms with van der Waals surface area (Å²) in [4.78, 5) is 16.4. The van der Waals surface area contributed by atoms with Crippen molar-refractivity contribution in [3.63, 3.8) is 0 Å². The predicted molar refractivity (Wildman–Crippen MR) is 80.5 cm³/mol. The van der Waals surface area contributed by atoms with Gasteiger partial charge in [-0.25, -0.2) is 4.98 Å². The van der Waals surface area contributed by atoms with Crippen LogP contribution in [0.1, 0.15) is 21.1 Å². The highest BCUT2D eigenvalue weighted by atomic mass is 32.1. The third-order valence-corrected chi connectivity index (χ3v) is 3.63. The van der Waals surface area contributed by atoms with Crippen molar-refractivity contribution in [2.45, 2.75) is 6.42 Å². The number of anilines is 1. The normalized spacial score (nSPS) is 9.95. The van der Waals surface area contributed by atoms with E-state index in [2.05, 4.69) is 10.3 Å². The van der Waals surface area contributed by atoms with Gasteiger partial charge in [-0.1, -0.05) is 0 Å². The number of carbonyl (C=O) groups excluding carboxylic acids is 1. The molecule has 2 aromatic rings. The second-order valence-corrected chi connectivity index (χ2v) is 5.09. The average Bonchev–Trinajstić information content (AvgIpc) is 2.96. The maximum Gasteiger partial charge on any atom is 0.275 e. The summed E-state index contributed by atoms with van der Waals surface area (Å²) in [5.74, 6) is 0.109. The number of nitriles is 1. The van der Waals surface area contributed by atoms with Gasteiger partial charge in [-0.2, -0.15) is 5.26 Å². The molecule has 1 aromatic heterocycles. The van der Waals surface area contributed by atoms with Crippen molar-refractivity contribution in [3.05, 3.63) is 39.8 Å². The minimum atomic E-state index is -0.322. The largest absolute Gasteiger partial charge is 0.495 e. The van der Waals surface area contributed by atoms with Gasteiger partial charge in [-0.05, 0) is 18.7 Å². The number of hydrogen-bond donors (Lipinski definition) is 2. The number of carbonyl (C=O) groups is 1. The van der Waals surface area contributed by atoms with Crippen LogP contribution in [0.4, 0.5) is 5.69 Å². The molecule has 108 valence electrons. The van der Waals surface area contributed by atoms with Gasteiger partial charge in [-0.3, -0.25) is 4.79 Å². The van der Waals surface area contributed by atoms with E-state index >= 15 is 0 Å². The summed E-state index contributed by atoms with van der Waals surface area (Å²) in [5, 5.41) is 14.1. The van der Waals surface area contributed by atoms with Gasteiger partial charge in [0.15, 0.2) is 0 Å². The summed E-state index contributed by atoms with van der Waals surface area (Å²) < 4.78 is 5.17. The lowest BCUT2D eigenvalue weighted by Crippen LogP contribution is -2.13. The Hall–Kier alpha value is -2.43. The summed E-state index contributed by atoms with van der Waals surface area (Å²) in [5.41, 5.74) is 6.76. The third-order valence-electron chi connectivity index (χ3n) is 2.72. The molecule has 0 atom stereocenters. The third kappa shape index (κ3) is 3.56. The fraction of sp³-hybridized carbons (Fsp3) is 0.214. The van der Waals surface area contributed by atoms with Crippen LogP contribution >= 0.6 is 11.3 Å². The molecule has 0 unspecified atom stereocenters. The molecule has 6 nitrogen and oxygen atoms in total. The Bertz CT molecular complexity index is 691. The Kier molecular flexibility index (Phi) is 4.87. The van der Waals surface area contributed by atoms with Crippen LogP contribution in [0.15, 0.2) is 23.6 Å². The summed E-state index contributed by atoms with van der Waals surface area (Å²) in [6.45, 7) is 0.498. The number of thiazole rings is 1. The van der Waals surface area contributed by atoms with Gasteiger partial charge < -0.3 is 15.8 Å². The molecule has 3 N–H and O–H groups in total. The lowest BCUT2D eigenvalue weighted by atomic mass is 10.2. The summed E-state index contributed by atoms with van der Waals surface area (Å²) in [7, 11) is 1.48. The van der Waals surface area contributed by atoms with Crippen LogP contribution in [-0.2, 0) is 6.42 Å². The standard InChI is InChI=1S/C14H14N4O2S/c1-20-12-6-9(7-16)2-3-10(12)18-14(19)11-8-21-13(17-11)4-5-15/h2-3,6,8H,4-5,15H2,1H3,(H,18,19). The minimum Gasteiger partial charge on any atom is -0.495 e. The minimum absolute atomic E-state index is 0.322. The van der Waals surface area contributed by atoms with Crippen LogP contribution in [-0.4, -0.2) is 24.5 Å². The number of rotatable bonds is 5. The molecule has 0 aliphatic heterocycles. The zero-order valence-corrected chi connectivity index (χ0v) is 12.2. The number of methoxy groups -OCH3 is 1. The highest BCUT2D eigenvalue weighted by Gasteiger charge is 2.13. The Morgan fingerprint density at radius 1 is 1.57 bits per heavy atom. The Morgan fingerprint density at radius 2 is 2.38 bits per heavy atom. The van der Waals surface area contributed by atoms with E-state index < -0.39 is 0 Å². The summed E-state index contributed by atoms with van der Waals surface area (Å²) >= 11 is 1.40. The fourth-order valence-corrected chi connectivity index (χ4v) is 2.50. The molecule has 0 radical (unpaired) electrons. The van der Waals surface area contributed by atoms with Gasteiger partial charge in [0.2, 0.25) is 0 Å². The van der Waals surface area contributed by atoms with E-state index in [4.69, 9.17) is 15.7 Å². The van der Waals surface area contributed by atoms with Gasteiger partial charge in [0, 0.05) is 17.9 Å². The number of hydrogen-bond acceptors (Lipinski definition) is 6.